The molecule has 1 aliphatic heterocycles. The molecule has 1 saturated heterocycles. The van der Waals surface area contributed by atoms with Gasteiger partial charge in [-0.2, -0.15) is 0 Å². The van der Waals surface area contributed by atoms with Crippen LogP contribution in [0.4, 0.5) is 0 Å². The standard InChI is InChI=1S/C15H26N2O2S/c1-3-19-13(18)5-4-10-16-14-17-15(11-20-14)8-6-12(2)7-9-15/h12H,3-11H2,1-2H3,(H,16,17). The maximum atomic E-state index is 11.2. The molecule has 0 radical (unpaired) electrons. The van der Waals surface area contributed by atoms with E-state index >= 15 is 0 Å². The zero-order chi connectivity index (χ0) is 14.4. The van der Waals surface area contributed by atoms with E-state index in [0.29, 0.717) is 25.1 Å². The normalized spacial score (nSPS) is 31.5. The van der Waals surface area contributed by atoms with Crippen LogP contribution in [0.3, 0.4) is 0 Å². The first-order chi connectivity index (χ1) is 9.63. The number of hydrogen-bond acceptors (Lipinski definition) is 4. The highest BCUT2D eigenvalue weighted by Gasteiger charge is 2.39. The monoisotopic (exact) mass is 298 g/mol. The van der Waals surface area contributed by atoms with Gasteiger partial charge < -0.3 is 10.1 Å². The van der Waals surface area contributed by atoms with Gasteiger partial charge >= 0.3 is 5.97 Å². The number of nitrogens with one attached hydrogen (secondary N) is 1. The van der Waals surface area contributed by atoms with Crippen LogP contribution < -0.4 is 5.32 Å². The predicted octanol–water partition coefficient (Wildman–Crippen LogP) is 2.97. The molecule has 2 fully saturated rings. The zero-order valence-corrected chi connectivity index (χ0v) is 13.4. The Balaban J connectivity index is 1.70. The molecule has 0 bridgehead atoms. The van der Waals surface area contributed by atoms with E-state index in [1.807, 2.05) is 18.7 Å². The number of ether oxygens (including phenoxy) is 1. The average molecular weight is 298 g/mol. The van der Waals surface area contributed by atoms with Crippen molar-refractivity contribution in [1.29, 1.82) is 0 Å². The molecule has 0 amide bonds. The second kappa shape index (κ2) is 7.34. The first-order valence-corrected chi connectivity index (χ1v) is 8.73. The number of hydrogen-bond donors (Lipinski definition) is 1. The van der Waals surface area contributed by atoms with Crippen LogP contribution in [0.5, 0.6) is 0 Å². The Morgan fingerprint density at radius 2 is 2.25 bits per heavy atom. The molecule has 2 rings (SSSR count). The van der Waals surface area contributed by atoms with Gasteiger partial charge in [-0.3, -0.25) is 9.79 Å². The molecule has 20 heavy (non-hydrogen) atoms. The van der Waals surface area contributed by atoms with Crippen molar-refractivity contribution in [3.05, 3.63) is 0 Å². The number of rotatable bonds is 5. The average Bonchev–Trinajstić information content (AvgIpc) is 2.83. The van der Waals surface area contributed by atoms with Crippen molar-refractivity contribution in [3.8, 4) is 0 Å². The summed E-state index contributed by atoms with van der Waals surface area (Å²) in [5, 5.41) is 4.71. The molecular formula is C15H26N2O2S. The van der Waals surface area contributed by atoms with Gasteiger partial charge in [0.2, 0.25) is 0 Å². The molecule has 5 heteroatoms. The van der Waals surface area contributed by atoms with Crippen LogP contribution in [0, 0.1) is 5.92 Å². The first-order valence-electron chi connectivity index (χ1n) is 7.74. The summed E-state index contributed by atoms with van der Waals surface area (Å²) in [6.45, 7) is 5.35. The van der Waals surface area contributed by atoms with Crippen molar-refractivity contribution in [1.82, 2.24) is 5.32 Å². The van der Waals surface area contributed by atoms with E-state index in [1.165, 1.54) is 25.7 Å². The number of aliphatic imine (C=N–C) groups is 1. The van der Waals surface area contributed by atoms with Gasteiger partial charge in [-0.15, -0.1) is 0 Å². The van der Waals surface area contributed by atoms with E-state index in [9.17, 15) is 4.79 Å². The summed E-state index contributed by atoms with van der Waals surface area (Å²) in [7, 11) is 0. The van der Waals surface area contributed by atoms with E-state index in [1.54, 1.807) is 0 Å². The highest BCUT2D eigenvalue weighted by molar-refractivity contribution is 8.14. The summed E-state index contributed by atoms with van der Waals surface area (Å²) in [4.78, 5) is 15.8. The van der Waals surface area contributed by atoms with Gasteiger partial charge in [0.15, 0.2) is 5.17 Å². The fourth-order valence-electron chi connectivity index (χ4n) is 2.81. The molecule has 0 aromatic rings. The third kappa shape index (κ3) is 4.40. The van der Waals surface area contributed by atoms with Gasteiger partial charge in [-0.1, -0.05) is 18.7 Å². The van der Waals surface area contributed by atoms with E-state index in [0.717, 1.165) is 23.3 Å². The highest BCUT2D eigenvalue weighted by atomic mass is 32.2. The Labute approximate surface area is 126 Å². The molecule has 1 aliphatic carbocycles. The molecule has 0 unspecified atom stereocenters. The number of thioether (sulfide) groups is 1. The second-order valence-corrected chi connectivity index (χ2v) is 6.94. The number of esters is 1. The maximum Gasteiger partial charge on any atom is 0.305 e. The molecular weight excluding hydrogens is 272 g/mol. The quantitative estimate of drug-likeness (QED) is 0.626. The Kier molecular flexibility index (Phi) is 5.75. The summed E-state index contributed by atoms with van der Waals surface area (Å²) in [5.74, 6) is 1.91. The van der Waals surface area contributed by atoms with E-state index in [4.69, 9.17) is 4.74 Å². The molecule has 1 spiro atoms. The van der Waals surface area contributed by atoms with E-state index < -0.39 is 0 Å². The lowest BCUT2D eigenvalue weighted by Gasteiger charge is -2.35. The lowest BCUT2D eigenvalue weighted by molar-refractivity contribution is -0.143. The topological polar surface area (TPSA) is 50.7 Å². The molecule has 0 atom stereocenters. The highest BCUT2D eigenvalue weighted by Crippen LogP contribution is 2.38. The van der Waals surface area contributed by atoms with Crippen molar-refractivity contribution < 1.29 is 9.53 Å². The number of carbonyl (C=O) groups excluding carboxylic acids is 1. The van der Waals surface area contributed by atoms with Gasteiger partial charge in [-0.25, -0.2) is 0 Å². The summed E-state index contributed by atoms with van der Waals surface area (Å²) in [6, 6.07) is 0. The van der Waals surface area contributed by atoms with E-state index in [2.05, 4.69) is 17.2 Å². The zero-order valence-electron chi connectivity index (χ0n) is 12.6. The van der Waals surface area contributed by atoms with Crippen molar-refractivity contribution >= 4 is 22.9 Å². The Morgan fingerprint density at radius 3 is 2.95 bits per heavy atom. The van der Waals surface area contributed by atoms with Crippen LogP contribution in [0.2, 0.25) is 0 Å². The summed E-state index contributed by atoms with van der Waals surface area (Å²) in [5.41, 5.74) is 0.303. The van der Waals surface area contributed by atoms with Gasteiger partial charge in [0.25, 0.3) is 0 Å². The molecule has 1 heterocycles. The minimum absolute atomic E-state index is 0.113. The Bertz CT molecular complexity index is 363. The smallest absolute Gasteiger partial charge is 0.305 e. The summed E-state index contributed by atoms with van der Waals surface area (Å²) < 4.78 is 4.91. The molecule has 1 N–H and O–H groups in total. The molecule has 1 saturated carbocycles. The Hall–Kier alpha value is -0.710. The van der Waals surface area contributed by atoms with Crippen molar-refractivity contribution in [2.75, 3.05) is 18.9 Å². The van der Waals surface area contributed by atoms with Crippen LogP contribution in [0.25, 0.3) is 0 Å². The van der Waals surface area contributed by atoms with E-state index in [-0.39, 0.29) is 5.97 Å². The SMILES string of the molecule is CCOC(=O)CCCN=C1NC2(CCC(C)CC2)CS1. The summed E-state index contributed by atoms with van der Waals surface area (Å²) >= 11 is 1.84. The summed E-state index contributed by atoms with van der Waals surface area (Å²) in [6.07, 6.45) is 6.42. The number of nitrogens with zero attached hydrogens (tertiary/aromatic N) is 1. The van der Waals surface area contributed by atoms with Gasteiger partial charge in [0, 0.05) is 24.3 Å². The van der Waals surface area contributed by atoms with Gasteiger partial charge in [0.1, 0.15) is 0 Å². The molecule has 114 valence electrons. The van der Waals surface area contributed by atoms with Gasteiger partial charge in [0.05, 0.1) is 6.61 Å². The Morgan fingerprint density at radius 1 is 1.50 bits per heavy atom. The predicted molar refractivity (Wildman–Crippen MR) is 84.1 cm³/mol. The van der Waals surface area contributed by atoms with Crippen molar-refractivity contribution in [2.24, 2.45) is 10.9 Å². The molecule has 0 aromatic heterocycles. The minimum atomic E-state index is -0.113. The van der Waals surface area contributed by atoms with Crippen LogP contribution in [0.15, 0.2) is 4.99 Å². The number of amidine groups is 1. The largest absolute Gasteiger partial charge is 0.466 e. The fourth-order valence-corrected chi connectivity index (χ4v) is 4.06. The minimum Gasteiger partial charge on any atom is -0.466 e. The van der Waals surface area contributed by atoms with Crippen LogP contribution in [-0.2, 0) is 9.53 Å². The fraction of sp³-hybridized carbons (Fsp3) is 0.867. The number of carbonyl (C=O) groups is 1. The van der Waals surface area contributed by atoms with Crippen LogP contribution in [-0.4, -0.2) is 35.6 Å². The second-order valence-electron chi connectivity index (χ2n) is 5.97. The third-order valence-corrected chi connectivity index (χ3v) is 5.39. The first kappa shape index (κ1) is 15.7. The molecule has 0 aromatic carbocycles. The molecule has 4 nitrogen and oxygen atoms in total. The molecule has 2 aliphatic rings. The van der Waals surface area contributed by atoms with Crippen molar-refractivity contribution in [3.63, 3.8) is 0 Å². The maximum absolute atomic E-state index is 11.2. The van der Waals surface area contributed by atoms with Crippen LogP contribution >= 0.6 is 11.8 Å². The lowest BCUT2D eigenvalue weighted by atomic mass is 9.78. The van der Waals surface area contributed by atoms with Crippen LogP contribution in [0.1, 0.15) is 52.4 Å². The lowest BCUT2D eigenvalue weighted by Crippen LogP contribution is -2.46. The van der Waals surface area contributed by atoms with Crippen molar-refractivity contribution in [2.45, 2.75) is 57.9 Å². The third-order valence-electron chi connectivity index (χ3n) is 4.19. The van der Waals surface area contributed by atoms with Gasteiger partial charge in [-0.05, 0) is 44.9 Å².